The predicted octanol–water partition coefficient (Wildman–Crippen LogP) is 2.43. The van der Waals surface area contributed by atoms with Gasteiger partial charge in [0.05, 0.1) is 5.69 Å². The van der Waals surface area contributed by atoms with Crippen molar-refractivity contribution >= 4 is 0 Å². The van der Waals surface area contributed by atoms with Gasteiger partial charge in [0, 0.05) is 24.7 Å². The molecule has 0 bridgehead atoms. The van der Waals surface area contributed by atoms with Crippen LogP contribution in [0.5, 0.6) is 5.75 Å². The van der Waals surface area contributed by atoms with Crippen LogP contribution in [0.2, 0.25) is 0 Å². The van der Waals surface area contributed by atoms with Gasteiger partial charge in [-0.25, -0.2) is 0 Å². The summed E-state index contributed by atoms with van der Waals surface area (Å²) in [6, 6.07) is 14.5. The van der Waals surface area contributed by atoms with Crippen LogP contribution in [0.3, 0.4) is 0 Å². The van der Waals surface area contributed by atoms with Gasteiger partial charge in [-0.15, -0.1) is 0 Å². The van der Waals surface area contributed by atoms with Gasteiger partial charge >= 0.3 is 0 Å². The van der Waals surface area contributed by atoms with Crippen molar-refractivity contribution in [2.24, 2.45) is 0 Å². The molecule has 2 atom stereocenters. The highest BCUT2D eigenvalue weighted by Crippen LogP contribution is 2.40. The maximum atomic E-state index is 9.62. The molecule has 0 unspecified atom stereocenters. The lowest BCUT2D eigenvalue weighted by molar-refractivity contribution is 0.459. The van der Waals surface area contributed by atoms with Crippen LogP contribution in [0.25, 0.3) is 0 Å². The number of aromatic hydroxyl groups is 1. The molecule has 1 heterocycles. The van der Waals surface area contributed by atoms with Crippen LogP contribution < -0.4 is 5.32 Å². The van der Waals surface area contributed by atoms with E-state index in [2.05, 4.69) is 34.6 Å². The Morgan fingerprint density at radius 2 is 2.00 bits per heavy atom. The molecular formula is C15H16N2O. The highest BCUT2D eigenvalue weighted by Gasteiger charge is 2.37. The van der Waals surface area contributed by atoms with E-state index in [0.717, 1.165) is 12.1 Å². The van der Waals surface area contributed by atoms with Gasteiger partial charge in [0.1, 0.15) is 5.75 Å². The van der Waals surface area contributed by atoms with E-state index in [9.17, 15) is 5.11 Å². The van der Waals surface area contributed by atoms with Crippen LogP contribution in [0, 0.1) is 0 Å². The molecule has 3 heteroatoms. The Labute approximate surface area is 107 Å². The van der Waals surface area contributed by atoms with Gasteiger partial charge in [-0.3, -0.25) is 4.98 Å². The number of benzene rings is 1. The van der Waals surface area contributed by atoms with Gasteiger partial charge in [0.15, 0.2) is 0 Å². The Bertz CT molecular complexity index is 527. The number of aromatic nitrogens is 1. The third kappa shape index (κ3) is 2.36. The Morgan fingerprint density at radius 3 is 2.78 bits per heavy atom. The maximum absolute atomic E-state index is 9.62. The first kappa shape index (κ1) is 11.2. The third-order valence-electron chi connectivity index (χ3n) is 3.42. The van der Waals surface area contributed by atoms with Gasteiger partial charge in [-0.1, -0.05) is 30.3 Å². The molecule has 1 aliphatic carbocycles. The Kier molecular flexibility index (Phi) is 2.99. The van der Waals surface area contributed by atoms with E-state index >= 15 is 0 Å². The predicted molar refractivity (Wildman–Crippen MR) is 70.3 cm³/mol. The molecule has 0 saturated heterocycles. The minimum atomic E-state index is 0.266. The lowest BCUT2D eigenvalue weighted by Crippen LogP contribution is -2.18. The first-order valence-corrected chi connectivity index (χ1v) is 6.26. The zero-order valence-corrected chi connectivity index (χ0v) is 10.1. The van der Waals surface area contributed by atoms with Crippen LogP contribution in [0.4, 0.5) is 0 Å². The molecule has 0 radical (unpaired) electrons. The van der Waals surface area contributed by atoms with E-state index in [1.807, 2.05) is 6.07 Å². The standard InChI is InChI=1S/C15H16N2O/c18-15-7-4-8-16-14(15)10-17-13-9-12(13)11-5-2-1-3-6-11/h1-8,12-13,17-18H,9-10H2/t12-,13+/m0/s1. The second-order valence-electron chi connectivity index (χ2n) is 4.71. The van der Waals surface area contributed by atoms with Crippen LogP contribution in [-0.4, -0.2) is 16.1 Å². The largest absolute Gasteiger partial charge is 0.506 e. The molecule has 18 heavy (non-hydrogen) atoms. The number of nitrogens with one attached hydrogen (secondary N) is 1. The second-order valence-corrected chi connectivity index (χ2v) is 4.71. The molecule has 3 rings (SSSR count). The van der Waals surface area contributed by atoms with Crippen molar-refractivity contribution in [3.63, 3.8) is 0 Å². The fraction of sp³-hybridized carbons (Fsp3) is 0.267. The minimum absolute atomic E-state index is 0.266. The molecule has 1 aromatic carbocycles. The Morgan fingerprint density at radius 1 is 1.17 bits per heavy atom. The fourth-order valence-corrected chi connectivity index (χ4v) is 2.28. The van der Waals surface area contributed by atoms with E-state index < -0.39 is 0 Å². The maximum Gasteiger partial charge on any atom is 0.138 e. The molecule has 92 valence electrons. The van der Waals surface area contributed by atoms with Gasteiger partial charge in [-0.05, 0) is 24.1 Å². The van der Waals surface area contributed by atoms with Crippen molar-refractivity contribution in [1.29, 1.82) is 0 Å². The summed E-state index contributed by atoms with van der Waals surface area (Å²) in [6.07, 6.45) is 2.87. The molecular weight excluding hydrogens is 224 g/mol. The minimum Gasteiger partial charge on any atom is -0.506 e. The topological polar surface area (TPSA) is 45.2 Å². The number of pyridine rings is 1. The lowest BCUT2D eigenvalue weighted by atomic mass is 10.1. The second kappa shape index (κ2) is 4.78. The number of rotatable bonds is 4. The lowest BCUT2D eigenvalue weighted by Gasteiger charge is -2.05. The number of hydrogen-bond acceptors (Lipinski definition) is 3. The summed E-state index contributed by atoms with van der Waals surface area (Å²) in [5.41, 5.74) is 2.11. The quantitative estimate of drug-likeness (QED) is 0.862. The zero-order chi connectivity index (χ0) is 12.4. The number of nitrogens with zero attached hydrogens (tertiary/aromatic N) is 1. The van der Waals surface area contributed by atoms with E-state index in [1.54, 1.807) is 18.3 Å². The summed E-state index contributed by atoms with van der Waals surface area (Å²) in [7, 11) is 0. The van der Waals surface area contributed by atoms with E-state index in [-0.39, 0.29) is 5.75 Å². The van der Waals surface area contributed by atoms with Crippen LogP contribution >= 0.6 is 0 Å². The molecule has 1 saturated carbocycles. The first-order chi connectivity index (χ1) is 8.84. The summed E-state index contributed by atoms with van der Waals surface area (Å²) >= 11 is 0. The van der Waals surface area contributed by atoms with E-state index in [4.69, 9.17) is 0 Å². The molecule has 0 amide bonds. The van der Waals surface area contributed by atoms with Crippen molar-refractivity contribution in [3.8, 4) is 5.75 Å². The van der Waals surface area contributed by atoms with Gasteiger partial charge in [-0.2, -0.15) is 0 Å². The number of hydrogen-bond donors (Lipinski definition) is 2. The summed E-state index contributed by atoms with van der Waals surface area (Å²) in [5.74, 6) is 0.874. The van der Waals surface area contributed by atoms with Crippen molar-refractivity contribution in [1.82, 2.24) is 10.3 Å². The van der Waals surface area contributed by atoms with Crippen LogP contribution in [-0.2, 0) is 6.54 Å². The Hall–Kier alpha value is -1.87. The van der Waals surface area contributed by atoms with Crippen molar-refractivity contribution in [3.05, 3.63) is 59.9 Å². The van der Waals surface area contributed by atoms with Crippen molar-refractivity contribution < 1.29 is 5.11 Å². The van der Waals surface area contributed by atoms with Crippen LogP contribution in [0.15, 0.2) is 48.7 Å². The molecule has 1 aromatic heterocycles. The van der Waals surface area contributed by atoms with Gasteiger partial charge in [0.25, 0.3) is 0 Å². The summed E-state index contributed by atoms with van der Waals surface area (Å²) in [5, 5.41) is 13.1. The first-order valence-electron chi connectivity index (χ1n) is 6.26. The van der Waals surface area contributed by atoms with E-state index in [1.165, 1.54) is 5.56 Å². The van der Waals surface area contributed by atoms with Gasteiger partial charge in [0.2, 0.25) is 0 Å². The van der Waals surface area contributed by atoms with Crippen molar-refractivity contribution in [2.75, 3.05) is 0 Å². The van der Waals surface area contributed by atoms with Gasteiger partial charge < -0.3 is 10.4 Å². The summed E-state index contributed by atoms with van der Waals surface area (Å²) in [4.78, 5) is 4.16. The molecule has 2 aromatic rings. The normalized spacial score (nSPS) is 21.8. The summed E-state index contributed by atoms with van der Waals surface area (Å²) < 4.78 is 0. The van der Waals surface area contributed by atoms with Crippen molar-refractivity contribution in [2.45, 2.75) is 24.9 Å². The fourth-order valence-electron chi connectivity index (χ4n) is 2.28. The molecule has 3 nitrogen and oxygen atoms in total. The molecule has 1 aliphatic rings. The Balaban J connectivity index is 1.56. The average Bonchev–Trinajstić information content (AvgIpc) is 3.18. The van der Waals surface area contributed by atoms with E-state index in [0.29, 0.717) is 18.5 Å². The molecule has 2 N–H and O–H groups in total. The average molecular weight is 240 g/mol. The monoisotopic (exact) mass is 240 g/mol. The smallest absolute Gasteiger partial charge is 0.138 e. The molecule has 0 aliphatic heterocycles. The third-order valence-corrected chi connectivity index (χ3v) is 3.42. The molecule has 1 fully saturated rings. The SMILES string of the molecule is Oc1cccnc1CN[C@@H]1C[C@H]1c1ccccc1. The van der Waals surface area contributed by atoms with Crippen LogP contribution in [0.1, 0.15) is 23.6 Å². The zero-order valence-electron chi connectivity index (χ0n) is 10.1. The molecule has 0 spiro atoms. The highest BCUT2D eigenvalue weighted by molar-refractivity contribution is 5.29. The summed E-state index contributed by atoms with van der Waals surface area (Å²) in [6.45, 7) is 0.626. The highest BCUT2D eigenvalue weighted by atomic mass is 16.3.